The maximum absolute atomic E-state index is 12.4. The van der Waals surface area contributed by atoms with Crippen LogP contribution < -0.4 is 20.3 Å². The third-order valence-electron chi connectivity index (χ3n) is 3.61. The van der Waals surface area contributed by atoms with Crippen molar-refractivity contribution in [3.8, 4) is 5.75 Å². The van der Waals surface area contributed by atoms with Crippen molar-refractivity contribution in [3.63, 3.8) is 0 Å². The molecule has 2 aliphatic rings. The fraction of sp³-hybridized carbons (Fsp3) is 0.429. The average Bonchev–Trinajstić information content (AvgIpc) is 2.49. The number of hydrogen-bond acceptors (Lipinski definition) is 3. The Morgan fingerprint density at radius 2 is 2.33 bits per heavy atom. The highest BCUT2D eigenvalue weighted by Crippen LogP contribution is 2.34. The van der Waals surface area contributed by atoms with Crippen LogP contribution in [0.3, 0.4) is 0 Å². The molecule has 1 unspecified atom stereocenters. The van der Waals surface area contributed by atoms with Crippen molar-refractivity contribution in [3.05, 3.63) is 23.2 Å². The van der Waals surface area contributed by atoms with Crippen molar-refractivity contribution >= 4 is 29.2 Å². The Bertz CT molecular complexity index is 579. The minimum absolute atomic E-state index is 0.130. The summed E-state index contributed by atoms with van der Waals surface area (Å²) in [5, 5.41) is 6.06. The SMILES string of the molecule is O=C1NCCCC1NC(=O)N1CCOc2ccc(Cl)cc21. The highest BCUT2D eigenvalue weighted by Gasteiger charge is 2.29. The van der Waals surface area contributed by atoms with Crippen LogP contribution in [0.2, 0.25) is 5.02 Å². The average molecular weight is 310 g/mol. The van der Waals surface area contributed by atoms with E-state index in [0.717, 1.165) is 6.42 Å². The van der Waals surface area contributed by atoms with Crippen LogP contribution in [0, 0.1) is 0 Å². The van der Waals surface area contributed by atoms with Gasteiger partial charge in [0.05, 0.1) is 12.2 Å². The molecule has 0 spiro atoms. The number of urea groups is 1. The lowest BCUT2D eigenvalue weighted by atomic mass is 10.1. The Labute approximate surface area is 127 Å². The minimum atomic E-state index is -0.475. The topological polar surface area (TPSA) is 70.7 Å². The van der Waals surface area contributed by atoms with Gasteiger partial charge in [-0.25, -0.2) is 4.79 Å². The van der Waals surface area contributed by atoms with Gasteiger partial charge in [-0.3, -0.25) is 9.69 Å². The molecule has 6 nitrogen and oxygen atoms in total. The standard InChI is InChI=1S/C14H16ClN3O3/c15-9-3-4-12-11(8-9)18(6-7-21-12)14(20)17-10-2-1-5-16-13(10)19/h3-4,8,10H,1-2,5-7H2,(H,16,19)(H,17,20). The molecule has 2 N–H and O–H groups in total. The number of anilines is 1. The van der Waals surface area contributed by atoms with Gasteiger partial charge in [-0.05, 0) is 31.0 Å². The van der Waals surface area contributed by atoms with Crippen molar-refractivity contribution in [1.82, 2.24) is 10.6 Å². The summed E-state index contributed by atoms with van der Waals surface area (Å²) >= 11 is 5.98. The van der Waals surface area contributed by atoms with Crippen LogP contribution in [0.1, 0.15) is 12.8 Å². The van der Waals surface area contributed by atoms with Crippen molar-refractivity contribution < 1.29 is 14.3 Å². The Balaban J connectivity index is 1.77. The Morgan fingerprint density at radius 3 is 3.14 bits per heavy atom. The lowest BCUT2D eigenvalue weighted by molar-refractivity contribution is -0.124. The van der Waals surface area contributed by atoms with Gasteiger partial charge in [0.2, 0.25) is 5.91 Å². The highest BCUT2D eigenvalue weighted by atomic mass is 35.5. The number of benzene rings is 1. The summed E-state index contributed by atoms with van der Waals surface area (Å²) in [6, 6.07) is 4.37. The first-order valence-electron chi connectivity index (χ1n) is 6.93. The summed E-state index contributed by atoms with van der Waals surface area (Å²) < 4.78 is 5.51. The third kappa shape index (κ3) is 2.90. The molecule has 1 fully saturated rings. The molecule has 2 aliphatic heterocycles. The monoisotopic (exact) mass is 309 g/mol. The fourth-order valence-electron chi connectivity index (χ4n) is 2.54. The summed E-state index contributed by atoms with van der Waals surface area (Å²) in [5.74, 6) is 0.489. The van der Waals surface area contributed by atoms with Gasteiger partial charge < -0.3 is 15.4 Å². The van der Waals surface area contributed by atoms with Crippen LogP contribution in [0.4, 0.5) is 10.5 Å². The second-order valence-corrected chi connectivity index (χ2v) is 5.48. The number of fused-ring (bicyclic) bond motifs is 1. The van der Waals surface area contributed by atoms with E-state index >= 15 is 0 Å². The maximum Gasteiger partial charge on any atom is 0.322 e. The zero-order valence-corrected chi connectivity index (χ0v) is 12.2. The molecule has 7 heteroatoms. The number of halogens is 1. The molecule has 3 rings (SSSR count). The van der Waals surface area contributed by atoms with Gasteiger partial charge in [0.15, 0.2) is 0 Å². The smallest absolute Gasteiger partial charge is 0.322 e. The Hall–Kier alpha value is -1.95. The number of rotatable bonds is 1. The van der Waals surface area contributed by atoms with Crippen molar-refractivity contribution in [1.29, 1.82) is 0 Å². The normalized spacial score (nSPS) is 21.1. The van der Waals surface area contributed by atoms with Gasteiger partial charge in [-0.15, -0.1) is 0 Å². The van der Waals surface area contributed by atoms with Crippen LogP contribution in [0.5, 0.6) is 5.75 Å². The molecule has 1 atom stereocenters. The molecule has 21 heavy (non-hydrogen) atoms. The van der Waals surface area contributed by atoms with Gasteiger partial charge in [0, 0.05) is 11.6 Å². The van der Waals surface area contributed by atoms with E-state index < -0.39 is 6.04 Å². The molecule has 0 saturated carbocycles. The number of piperidine rings is 1. The molecule has 0 aliphatic carbocycles. The zero-order valence-electron chi connectivity index (χ0n) is 11.4. The van der Waals surface area contributed by atoms with Crippen LogP contribution in [0.15, 0.2) is 18.2 Å². The first-order chi connectivity index (χ1) is 10.1. The van der Waals surface area contributed by atoms with E-state index in [0.29, 0.717) is 42.6 Å². The second kappa shape index (κ2) is 5.81. The molecule has 0 bridgehead atoms. The maximum atomic E-state index is 12.4. The van der Waals surface area contributed by atoms with E-state index in [4.69, 9.17) is 16.3 Å². The first kappa shape index (κ1) is 14.0. The van der Waals surface area contributed by atoms with Gasteiger partial charge in [-0.1, -0.05) is 11.6 Å². The predicted octanol–water partition coefficient (Wildman–Crippen LogP) is 1.53. The lowest BCUT2D eigenvalue weighted by Gasteiger charge is -2.32. The van der Waals surface area contributed by atoms with E-state index in [9.17, 15) is 9.59 Å². The quantitative estimate of drug-likeness (QED) is 0.826. The third-order valence-corrected chi connectivity index (χ3v) is 3.85. The molecule has 1 aromatic rings. The predicted molar refractivity (Wildman–Crippen MR) is 78.9 cm³/mol. The summed E-state index contributed by atoms with van der Waals surface area (Å²) in [4.78, 5) is 25.7. The molecule has 1 saturated heterocycles. The minimum Gasteiger partial charge on any atom is -0.490 e. The van der Waals surface area contributed by atoms with Gasteiger partial charge >= 0.3 is 6.03 Å². The number of nitrogens with one attached hydrogen (secondary N) is 2. The number of nitrogens with zero attached hydrogens (tertiary/aromatic N) is 1. The van der Waals surface area contributed by atoms with Crippen molar-refractivity contribution in [2.24, 2.45) is 0 Å². The van der Waals surface area contributed by atoms with Gasteiger partial charge in [0.1, 0.15) is 18.4 Å². The molecule has 112 valence electrons. The molecule has 1 aromatic carbocycles. The number of hydrogen-bond donors (Lipinski definition) is 2. The highest BCUT2D eigenvalue weighted by molar-refractivity contribution is 6.31. The fourth-order valence-corrected chi connectivity index (χ4v) is 2.70. The first-order valence-corrected chi connectivity index (χ1v) is 7.31. The molecule has 0 radical (unpaired) electrons. The van der Waals surface area contributed by atoms with E-state index in [2.05, 4.69) is 10.6 Å². The number of ether oxygens (including phenoxy) is 1. The summed E-state index contributed by atoms with van der Waals surface area (Å²) in [7, 11) is 0. The Kier molecular flexibility index (Phi) is 3.88. The van der Waals surface area contributed by atoms with Crippen molar-refractivity contribution in [2.45, 2.75) is 18.9 Å². The molecule has 0 aromatic heterocycles. The number of carbonyl (C=O) groups is 2. The van der Waals surface area contributed by atoms with Crippen molar-refractivity contribution in [2.75, 3.05) is 24.6 Å². The van der Waals surface area contributed by atoms with Crippen LogP contribution in [0.25, 0.3) is 0 Å². The largest absolute Gasteiger partial charge is 0.490 e. The van der Waals surface area contributed by atoms with Gasteiger partial charge in [0.25, 0.3) is 0 Å². The summed E-state index contributed by atoms with van der Waals surface area (Å²) in [5.41, 5.74) is 0.627. The van der Waals surface area contributed by atoms with E-state index in [-0.39, 0.29) is 11.9 Å². The summed E-state index contributed by atoms with van der Waals surface area (Å²) in [6.45, 7) is 1.51. The lowest BCUT2D eigenvalue weighted by Crippen LogP contribution is -2.54. The molecular formula is C14H16ClN3O3. The van der Waals surface area contributed by atoms with E-state index in [1.165, 1.54) is 0 Å². The molecular weight excluding hydrogens is 294 g/mol. The van der Waals surface area contributed by atoms with Crippen LogP contribution in [-0.4, -0.2) is 37.7 Å². The zero-order chi connectivity index (χ0) is 14.8. The van der Waals surface area contributed by atoms with Crippen LogP contribution in [-0.2, 0) is 4.79 Å². The van der Waals surface area contributed by atoms with E-state index in [1.54, 1.807) is 23.1 Å². The van der Waals surface area contributed by atoms with Gasteiger partial charge in [-0.2, -0.15) is 0 Å². The van der Waals surface area contributed by atoms with Crippen LogP contribution >= 0.6 is 11.6 Å². The molecule has 3 amide bonds. The number of amides is 3. The summed E-state index contributed by atoms with van der Waals surface area (Å²) in [6.07, 6.45) is 1.52. The molecule has 2 heterocycles. The van der Waals surface area contributed by atoms with E-state index in [1.807, 2.05) is 0 Å². The Morgan fingerprint density at radius 1 is 1.48 bits per heavy atom. The second-order valence-electron chi connectivity index (χ2n) is 5.05. The number of carbonyl (C=O) groups excluding carboxylic acids is 2.